The Morgan fingerprint density at radius 1 is 1.21 bits per heavy atom. The maximum Gasteiger partial charge on any atom is 0.416 e. The highest BCUT2D eigenvalue weighted by molar-refractivity contribution is 7.92. The Morgan fingerprint density at radius 3 is 2.46 bits per heavy atom. The molecule has 10 heteroatoms. The summed E-state index contributed by atoms with van der Waals surface area (Å²) in [5, 5.41) is 2.83. The van der Waals surface area contributed by atoms with Crippen LogP contribution in [0.25, 0.3) is 0 Å². The summed E-state index contributed by atoms with van der Waals surface area (Å²) < 4.78 is 63.3. The highest BCUT2D eigenvalue weighted by Crippen LogP contribution is 2.34. The molecule has 0 aliphatic heterocycles. The van der Waals surface area contributed by atoms with Crippen molar-refractivity contribution in [1.82, 2.24) is 4.98 Å². The summed E-state index contributed by atoms with van der Waals surface area (Å²) in [7, 11) is -3.45. The largest absolute Gasteiger partial charge is 0.416 e. The summed E-state index contributed by atoms with van der Waals surface area (Å²) in [4.78, 5) is 3.89. The van der Waals surface area contributed by atoms with Crippen molar-refractivity contribution in [2.45, 2.75) is 13.1 Å². The Labute approximate surface area is 141 Å². The number of aromatic nitrogens is 1. The van der Waals surface area contributed by atoms with Gasteiger partial charge in [0.1, 0.15) is 5.82 Å². The maximum atomic E-state index is 12.7. The summed E-state index contributed by atoms with van der Waals surface area (Å²) in [5.74, 6) is 0.00618. The first-order chi connectivity index (χ1) is 11.1. The van der Waals surface area contributed by atoms with Crippen molar-refractivity contribution in [2.24, 2.45) is 0 Å². The van der Waals surface area contributed by atoms with Crippen molar-refractivity contribution in [1.29, 1.82) is 0 Å². The van der Waals surface area contributed by atoms with Crippen molar-refractivity contribution >= 4 is 38.8 Å². The topological polar surface area (TPSA) is 71.1 Å². The average Bonchev–Trinajstić information content (AvgIpc) is 2.50. The van der Waals surface area contributed by atoms with Gasteiger partial charge in [0.2, 0.25) is 10.0 Å². The van der Waals surface area contributed by atoms with E-state index in [0.29, 0.717) is 5.69 Å². The van der Waals surface area contributed by atoms with Crippen LogP contribution < -0.4 is 10.0 Å². The van der Waals surface area contributed by atoms with Gasteiger partial charge in [0, 0.05) is 0 Å². The van der Waals surface area contributed by atoms with Crippen LogP contribution >= 0.6 is 11.6 Å². The average molecular weight is 380 g/mol. The smallest absolute Gasteiger partial charge is 0.353 e. The summed E-state index contributed by atoms with van der Waals surface area (Å²) >= 11 is 5.89. The predicted molar refractivity (Wildman–Crippen MR) is 87.1 cm³/mol. The van der Waals surface area contributed by atoms with Gasteiger partial charge in [-0.25, -0.2) is 13.4 Å². The summed E-state index contributed by atoms with van der Waals surface area (Å²) in [6.07, 6.45) is -3.20. The van der Waals surface area contributed by atoms with E-state index in [9.17, 15) is 21.6 Å². The molecule has 0 atom stereocenters. The molecule has 0 aliphatic carbocycles. The third kappa shape index (κ3) is 4.75. The molecule has 2 N–H and O–H groups in total. The van der Waals surface area contributed by atoms with E-state index in [4.69, 9.17) is 11.6 Å². The highest BCUT2D eigenvalue weighted by Gasteiger charge is 2.30. The van der Waals surface area contributed by atoms with Crippen molar-refractivity contribution in [3.8, 4) is 0 Å². The van der Waals surface area contributed by atoms with Crippen LogP contribution in [-0.4, -0.2) is 19.2 Å². The summed E-state index contributed by atoms with van der Waals surface area (Å²) in [5.41, 5.74) is -0.416. The van der Waals surface area contributed by atoms with Crippen LogP contribution in [0.15, 0.2) is 36.5 Å². The monoisotopic (exact) mass is 379 g/mol. The van der Waals surface area contributed by atoms with Crippen LogP contribution in [-0.2, 0) is 16.2 Å². The Morgan fingerprint density at radius 2 is 1.92 bits per heavy atom. The fourth-order valence-electron chi connectivity index (χ4n) is 1.71. The SMILES string of the molecule is CCS(=O)(=O)Nc1ccc(Nc2cc(C(F)(F)F)ccc2Cl)cn1. The molecule has 0 unspecified atom stereocenters. The minimum atomic E-state index is -4.48. The van der Waals surface area contributed by atoms with Crippen LogP contribution in [0, 0.1) is 0 Å². The number of pyridine rings is 1. The molecule has 0 radical (unpaired) electrons. The fraction of sp³-hybridized carbons (Fsp3) is 0.214. The maximum absolute atomic E-state index is 12.7. The minimum Gasteiger partial charge on any atom is -0.353 e. The van der Waals surface area contributed by atoms with E-state index in [0.717, 1.165) is 18.2 Å². The van der Waals surface area contributed by atoms with Gasteiger partial charge >= 0.3 is 6.18 Å². The van der Waals surface area contributed by atoms with Crippen molar-refractivity contribution < 1.29 is 21.6 Å². The molecular weight excluding hydrogens is 367 g/mol. The molecule has 5 nitrogen and oxygen atoms in total. The lowest BCUT2D eigenvalue weighted by molar-refractivity contribution is -0.137. The van der Waals surface area contributed by atoms with Gasteiger partial charge in [0.25, 0.3) is 0 Å². The van der Waals surface area contributed by atoms with Gasteiger partial charge in [-0.15, -0.1) is 0 Å². The van der Waals surface area contributed by atoms with Gasteiger partial charge in [0.15, 0.2) is 0 Å². The molecule has 0 bridgehead atoms. The normalized spacial score (nSPS) is 12.0. The lowest BCUT2D eigenvalue weighted by Gasteiger charge is -2.12. The van der Waals surface area contributed by atoms with E-state index >= 15 is 0 Å². The van der Waals surface area contributed by atoms with Crippen LogP contribution in [0.2, 0.25) is 5.02 Å². The van der Waals surface area contributed by atoms with Gasteiger partial charge in [-0.2, -0.15) is 13.2 Å². The summed E-state index contributed by atoms with van der Waals surface area (Å²) in [6.45, 7) is 1.48. The molecule has 0 fully saturated rings. The molecule has 2 rings (SSSR count). The Kier molecular flexibility index (Phi) is 5.24. The molecule has 1 heterocycles. The molecule has 0 spiro atoms. The minimum absolute atomic E-state index is 0.0650. The molecule has 0 saturated heterocycles. The number of hydrogen-bond acceptors (Lipinski definition) is 4. The third-order valence-electron chi connectivity index (χ3n) is 2.98. The number of sulfonamides is 1. The van der Waals surface area contributed by atoms with Crippen LogP contribution in [0.1, 0.15) is 12.5 Å². The van der Waals surface area contributed by atoms with Gasteiger partial charge in [0.05, 0.1) is 33.9 Å². The van der Waals surface area contributed by atoms with E-state index in [1.807, 2.05) is 0 Å². The van der Waals surface area contributed by atoms with Crippen LogP contribution in [0.3, 0.4) is 0 Å². The first-order valence-corrected chi connectivity index (χ1v) is 8.74. The number of nitrogens with zero attached hydrogens (tertiary/aromatic N) is 1. The van der Waals surface area contributed by atoms with Gasteiger partial charge in [-0.1, -0.05) is 11.6 Å². The van der Waals surface area contributed by atoms with E-state index in [1.165, 1.54) is 25.3 Å². The number of rotatable bonds is 5. The third-order valence-corrected chi connectivity index (χ3v) is 4.59. The number of benzene rings is 1. The Balaban J connectivity index is 2.20. The molecule has 0 saturated carbocycles. The summed E-state index contributed by atoms with van der Waals surface area (Å²) in [6, 6.07) is 5.77. The number of halogens is 4. The van der Waals surface area contributed by atoms with Crippen molar-refractivity contribution in [3.05, 3.63) is 47.1 Å². The molecule has 2 aromatic rings. The van der Waals surface area contributed by atoms with Crippen molar-refractivity contribution in [3.63, 3.8) is 0 Å². The molecular formula is C14H13ClF3N3O2S. The van der Waals surface area contributed by atoms with Gasteiger partial charge in [-0.05, 0) is 37.3 Å². The van der Waals surface area contributed by atoms with E-state index in [1.54, 1.807) is 0 Å². The molecule has 1 aromatic heterocycles. The van der Waals surface area contributed by atoms with Gasteiger partial charge in [-0.3, -0.25) is 4.72 Å². The first kappa shape index (κ1) is 18.3. The second-order valence-corrected chi connectivity index (χ2v) is 7.17. The quantitative estimate of drug-likeness (QED) is 0.814. The van der Waals surface area contributed by atoms with Crippen LogP contribution in [0.4, 0.5) is 30.4 Å². The van der Waals surface area contributed by atoms with E-state index in [2.05, 4.69) is 15.0 Å². The van der Waals surface area contributed by atoms with E-state index in [-0.39, 0.29) is 22.3 Å². The zero-order valence-electron chi connectivity index (χ0n) is 12.4. The number of nitrogens with one attached hydrogen (secondary N) is 2. The van der Waals surface area contributed by atoms with Crippen molar-refractivity contribution in [2.75, 3.05) is 15.8 Å². The zero-order valence-corrected chi connectivity index (χ0v) is 13.9. The van der Waals surface area contributed by atoms with E-state index < -0.39 is 21.8 Å². The van der Waals surface area contributed by atoms with Crippen LogP contribution in [0.5, 0.6) is 0 Å². The second-order valence-electron chi connectivity index (χ2n) is 4.75. The number of hydrogen-bond donors (Lipinski definition) is 2. The molecule has 1 aromatic carbocycles. The number of alkyl halides is 3. The predicted octanol–water partition coefficient (Wildman–Crippen LogP) is 4.26. The fourth-order valence-corrected chi connectivity index (χ4v) is 2.46. The molecule has 0 amide bonds. The molecule has 0 aliphatic rings. The number of anilines is 3. The lowest BCUT2D eigenvalue weighted by Crippen LogP contribution is -2.15. The molecule has 130 valence electrons. The van der Waals surface area contributed by atoms with Gasteiger partial charge < -0.3 is 5.32 Å². The first-order valence-electron chi connectivity index (χ1n) is 6.71. The standard InChI is InChI=1S/C14H13ClF3N3O2S/c1-2-24(22,23)21-13-6-4-10(8-19-13)20-12-7-9(14(16,17)18)3-5-11(12)15/h3-8,20H,2H2,1H3,(H,19,21). The Bertz CT molecular complexity index is 824. The highest BCUT2D eigenvalue weighted by atomic mass is 35.5. The molecule has 24 heavy (non-hydrogen) atoms. The second kappa shape index (κ2) is 6.86. The Hall–Kier alpha value is -2.00. The zero-order chi connectivity index (χ0) is 18.0. The lowest BCUT2D eigenvalue weighted by atomic mass is 10.2.